The minimum Gasteiger partial charge on any atom is -0.436 e. The summed E-state index contributed by atoms with van der Waals surface area (Å²) in [6.07, 6.45) is 1.68. The molecular formula is C24H19BrN2O2. The molecule has 3 aromatic carbocycles. The van der Waals surface area contributed by atoms with Gasteiger partial charge in [0.25, 0.3) is 5.91 Å². The fraction of sp³-hybridized carbons (Fsp3) is 0.0833. The second kappa shape index (κ2) is 8.05. The van der Waals surface area contributed by atoms with E-state index in [1.54, 1.807) is 12.3 Å². The smallest absolute Gasteiger partial charge is 0.256 e. The van der Waals surface area contributed by atoms with Crippen molar-refractivity contribution in [3.63, 3.8) is 0 Å². The van der Waals surface area contributed by atoms with Crippen LogP contribution in [0.1, 0.15) is 21.5 Å². The van der Waals surface area contributed by atoms with Crippen LogP contribution in [0, 0.1) is 13.8 Å². The number of hydrogen-bond acceptors (Lipinski definition) is 3. The highest BCUT2D eigenvalue weighted by molar-refractivity contribution is 9.10. The largest absolute Gasteiger partial charge is 0.436 e. The van der Waals surface area contributed by atoms with Gasteiger partial charge in [0.1, 0.15) is 0 Å². The van der Waals surface area contributed by atoms with Gasteiger partial charge in [-0.15, -0.1) is 0 Å². The molecule has 0 radical (unpaired) electrons. The number of nitrogens with one attached hydrogen (secondary N) is 1. The zero-order valence-electron chi connectivity index (χ0n) is 16.1. The van der Waals surface area contributed by atoms with Gasteiger partial charge in [-0.3, -0.25) is 4.79 Å². The number of halogens is 1. The molecule has 1 N–H and O–H groups in total. The van der Waals surface area contributed by atoms with Crippen LogP contribution in [0.5, 0.6) is 0 Å². The van der Waals surface area contributed by atoms with Gasteiger partial charge in [0.2, 0.25) is 5.89 Å². The second-order valence-electron chi connectivity index (χ2n) is 6.80. The molecule has 0 aliphatic carbocycles. The summed E-state index contributed by atoms with van der Waals surface area (Å²) in [7, 11) is 0. The van der Waals surface area contributed by atoms with Crippen molar-refractivity contribution in [2.45, 2.75) is 13.8 Å². The lowest BCUT2D eigenvalue weighted by Gasteiger charge is -2.12. The summed E-state index contributed by atoms with van der Waals surface area (Å²) in [5.41, 5.74) is 4.95. The number of hydrogen-bond donors (Lipinski definition) is 1. The van der Waals surface area contributed by atoms with Crippen molar-refractivity contribution in [2.75, 3.05) is 5.32 Å². The van der Waals surface area contributed by atoms with Crippen LogP contribution >= 0.6 is 15.9 Å². The van der Waals surface area contributed by atoms with Gasteiger partial charge in [-0.25, -0.2) is 4.98 Å². The molecule has 0 atom stereocenters. The number of nitrogens with zero attached hydrogens (tertiary/aromatic N) is 1. The lowest BCUT2D eigenvalue weighted by Crippen LogP contribution is -2.14. The van der Waals surface area contributed by atoms with Crippen LogP contribution in [0.2, 0.25) is 0 Å². The summed E-state index contributed by atoms with van der Waals surface area (Å²) in [6, 6.07) is 21.1. The SMILES string of the molecule is Cc1cccc(C)c1NC(=O)c1ccccc1-c1ncc(-c2ccc(Br)cc2)o1. The Morgan fingerprint density at radius 2 is 1.62 bits per heavy atom. The normalized spacial score (nSPS) is 10.7. The minimum absolute atomic E-state index is 0.193. The van der Waals surface area contributed by atoms with Gasteiger partial charge in [0.15, 0.2) is 5.76 Å². The number of oxazole rings is 1. The third-order valence-corrected chi connectivity index (χ3v) is 5.28. The zero-order chi connectivity index (χ0) is 20.4. The van der Waals surface area contributed by atoms with Gasteiger partial charge in [-0.05, 0) is 49.2 Å². The van der Waals surface area contributed by atoms with Gasteiger partial charge in [-0.2, -0.15) is 0 Å². The summed E-state index contributed by atoms with van der Waals surface area (Å²) < 4.78 is 6.97. The molecule has 0 bridgehead atoms. The van der Waals surface area contributed by atoms with Gasteiger partial charge in [0, 0.05) is 21.3 Å². The Kier molecular flexibility index (Phi) is 5.32. The Morgan fingerprint density at radius 3 is 2.34 bits per heavy atom. The molecule has 1 aromatic heterocycles. The Morgan fingerprint density at radius 1 is 0.931 bits per heavy atom. The van der Waals surface area contributed by atoms with E-state index in [1.807, 2.05) is 74.5 Å². The van der Waals surface area contributed by atoms with E-state index in [1.165, 1.54) is 0 Å². The first-order chi connectivity index (χ1) is 14.0. The molecule has 0 unspecified atom stereocenters. The molecule has 4 nitrogen and oxygen atoms in total. The highest BCUT2D eigenvalue weighted by Gasteiger charge is 2.18. The van der Waals surface area contributed by atoms with Crippen LogP contribution in [0.15, 0.2) is 81.8 Å². The molecule has 5 heteroatoms. The first-order valence-corrected chi connectivity index (χ1v) is 10.0. The average molecular weight is 447 g/mol. The first-order valence-electron chi connectivity index (χ1n) is 9.21. The molecule has 0 aliphatic heterocycles. The lowest BCUT2D eigenvalue weighted by atomic mass is 10.1. The van der Waals surface area contributed by atoms with Crippen molar-refractivity contribution in [1.29, 1.82) is 0 Å². The molecule has 4 aromatic rings. The number of amides is 1. The van der Waals surface area contributed by atoms with Crippen molar-refractivity contribution in [1.82, 2.24) is 4.98 Å². The maximum atomic E-state index is 13.0. The van der Waals surface area contributed by atoms with Crippen LogP contribution in [0.25, 0.3) is 22.8 Å². The minimum atomic E-state index is -0.193. The molecule has 4 rings (SSSR count). The molecule has 29 heavy (non-hydrogen) atoms. The number of benzene rings is 3. The van der Waals surface area contributed by atoms with Crippen LogP contribution < -0.4 is 5.32 Å². The Labute approximate surface area is 177 Å². The van der Waals surface area contributed by atoms with E-state index in [-0.39, 0.29) is 5.91 Å². The van der Waals surface area contributed by atoms with E-state index >= 15 is 0 Å². The van der Waals surface area contributed by atoms with E-state index in [4.69, 9.17) is 4.42 Å². The monoisotopic (exact) mass is 446 g/mol. The summed E-state index contributed by atoms with van der Waals surface area (Å²) in [6.45, 7) is 3.96. The van der Waals surface area contributed by atoms with Crippen molar-refractivity contribution in [3.8, 4) is 22.8 Å². The number of aryl methyl sites for hydroxylation is 2. The number of carbonyl (C=O) groups excluding carboxylic acids is 1. The predicted octanol–water partition coefficient (Wildman–Crippen LogP) is 6.64. The standard InChI is InChI=1S/C24H19BrN2O2/c1-15-6-5-7-16(2)22(15)27-23(28)19-8-3-4-9-20(19)24-26-14-21(29-24)17-10-12-18(25)13-11-17/h3-14H,1-2H3,(H,27,28). The van der Waals surface area contributed by atoms with Crippen LogP contribution in [0.4, 0.5) is 5.69 Å². The van der Waals surface area contributed by atoms with E-state index in [9.17, 15) is 4.79 Å². The van der Waals surface area contributed by atoms with E-state index in [0.717, 1.165) is 26.9 Å². The average Bonchev–Trinajstić information content (AvgIpc) is 3.21. The summed E-state index contributed by atoms with van der Waals surface area (Å²) in [5, 5.41) is 3.04. The summed E-state index contributed by atoms with van der Waals surface area (Å²) >= 11 is 3.43. The van der Waals surface area contributed by atoms with Crippen LogP contribution in [0.3, 0.4) is 0 Å². The number of carbonyl (C=O) groups is 1. The number of para-hydroxylation sites is 1. The van der Waals surface area contributed by atoms with Gasteiger partial charge >= 0.3 is 0 Å². The van der Waals surface area contributed by atoms with Gasteiger partial charge in [0.05, 0.1) is 11.8 Å². The van der Waals surface area contributed by atoms with Crippen LogP contribution in [-0.2, 0) is 0 Å². The third-order valence-electron chi connectivity index (χ3n) is 4.76. The Balaban J connectivity index is 1.67. The molecule has 1 amide bonds. The van der Waals surface area contributed by atoms with Crippen molar-refractivity contribution in [2.24, 2.45) is 0 Å². The Bertz CT molecular complexity index is 1160. The fourth-order valence-electron chi connectivity index (χ4n) is 3.21. The highest BCUT2D eigenvalue weighted by atomic mass is 79.9. The van der Waals surface area contributed by atoms with E-state index in [0.29, 0.717) is 22.8 Å². The van der Waals surface area contributed by atoms with Crippen molar-refractivity contribution >= 4 is 27.5 Å². The Hall–Kier alpha value is -3.18. The number of rotatable bonds is 4. The van der Waals surface area contributed by atoms with Crippen molar-refractivity contribution in [3.05, 3.63) is 94.1 Å². The predicted molar refractivity (Wildman–Crippen MR) is 119 cm³/mol. The zero-order valence-corrected chi connectivity index (χ0v) is 17.7. The summed E-state index contributed by atoms with van der Waals surface area (Å²) in [4.78, 5) is 17.5. The lowest BCUT2D eigenvalue weighted by molar-refractivity contribution is 0.102. The van der Waals surface area contributed by atoms with Crippen molar-refractivity contribution < 1.29 is 9.21 Å². The fourth-order valence-corrected chi connectivity index (χ4v) is 3.47. The van der Waals surface area contributed by atoms with E-state index < -0.39 is 0 Å². The van der Waals surface area contributed by atoms with Crippen LogP contribution in [-0.4, -0.2) is 10.9 Å². The molecule has 0 spiro atoms. The summed E-state index contributed by atoms with van der Waals surface area (Å²) in [5.74, 6) is 0.869. The third kappa shape index (κ3) is 4.00. The molecule has 144 valence electrons. The molecule has 0 saturated heterocycles. The second-order valence-corrected chi connectivity index (χ2v) is 7.72. The quantitative estimate of drug-likeness (QED) is 0.382. The first kappa shape index (κ1) is 19.2. The van der Waals surface area contributed by atoms with Gasteiger partial charge < -0.3 is 9.73 Å². The number of anilines is 1. The maximum absolute atomic E-state index is 13.0. The molecule has 0 aliphatic rings. The topological polar surface area (TPSA) is 55.1 Å². The molecular weight excluding hydrogens is 428 g/mol. The molecule has 1 heterocycles. The molecule has 0 saturated carbocycles. The molecule has 0 fully saturated rings. The van der Waals surface area contributed by atoms with E-state index in [2.05, 4.69) is 26.2 Å². The maximum Gasteiger partial charge on any atom is 0.256 e. The van der Waals surface area contributed by atoms with Gasteiger partial charge in [-0.1, -0.05) is 58.4 Å². The number of aromatic nitrogens is 1. The highest BCUT2D eigenvalue weighted by Crippen LogP contribution is 2.30.